The highest BCUT2D eigenvalue weighted by Gasteiger charge is 2.29. The molecule has 0 amide bonds. The van der Waals surface area contributed by atoms with Crippen LogP contribution in [0.3, 0.4) is 0 Å². The first-order chi connectivity index (χ1) is 23.6. The van der Waals surface area contributed by atoms with Crippen molar-refractivity contribution in [1.29, 1.82) is 0 Å². The molecule has 3 heteroatoms. The number of benzene rings is 7. The van der Waals surface area contributed by atoms with Crippen LogP contribution in [-0.2, 0) is 0 Å². The van der Waals surface area contributed by atoms with Gasteiger partial charge in [0.15, 0.2) is 0 Å². The van der Waals surface area contributed by atoms with Crippen molar-refractivity contribution in [2.24, 2.45) is 0 Å². The molecule has 0 radical (unpaired) electrons. The maximum atomic E-state index is 2.43. The van der Waals surface area contributed by atoms with E-state index in [0.29, 0.717) is 0 Å². The number of anilines is 9. The van der Waals surface area contributed by atoms with Crippen LogP contribution >= 0.6 is 0 Å². The van der Waals surface area contributed by atoms with Gasteiger partial charge in [-0.1, -0.05) is 115 Å². The standard InChI is InChI=1S/C45H39N3/c1-34-20-13-16-29-40(34)46(37-23-7-4-8-24-37)43-32-19-33-44(47(38-25-9-5-10-26-38)41-30-17-14-21-35(41)2)45(43)48(39-27-11-6-12-28-39)42-31-18-15-22-36(42)3/h4-33H,1-3H3. The zero-order valence-corrected chi connectivity index (χ0v) is 27.7. The van der Waals surface area contributed by atoms with Gasteiger partial charge in [0.05, 0.1) is 17.1 Å². The van der Waals surface area contributed by atoms with Gasteiger partial charge >= 0.3 is 0 Å². The van der Waals surface area contributed by atoms with Crippen molar-refractivity contribution in [2.45, 2.75) is 20.8 Å². The van der Waals surface area contributed by atoms with Gasteiger partial charge in [-0.25, -0.2) is 0 Å². The Morgan fingerprint density at radius 3 is 0.875 bits per heavy atom. The molecular formula is C45H39N3. The Hall–Kier alpha value is -6.06. The normalized spacial score (nSPS) is 10.8. The molecular weight excluding hydrogens is 583 g/mol. The molecule has 7 rings (SSSR count). The third kappa shape index (κ3) is 5.94. The molecule has 7 aromatic carbocycles. The van der Waals surface area contributed by atoms with Crippen LogP contribution in [0.1, 0.15) is 16.7 Å². The fraction of sp³-hybridized carbons (Fsp3) is 0.0667. The number of para-hydroxylation sites is 7. The highest BCUT2D eigenvalue weighted by atomic mass is 15.3. The van der Waals surface area contributed by atoms with E-state index in [9.17, 15) is 0 Å². The molecule has 0 spiro atoms. The first-order valence-corrected chi connectivity index (χ1v) is 16.5. The van der Waals surface area contributed by atoms with Crippen LogP contribution in [0, 0.1) is 20.8 Å². The Labute approximate surface area is 284 Å². The smallest absolute Gasteiger partial charge is 0.0946 e. The lowest BCUT2D eigenvalue weighted by Gasteiger charge is -2.38. The predicted octanol–water partition coefficient (Wildman–Crippen LogP) is 13.0. The minimum absolute atomic E-state index is 1.06. The van der Waals surface area contributed by atoms with Crippen molar-refractivity contribution < 1.29 is 0 Å². The second-order valence-electron chi connectivity index (χ2n) is 12.0. The number of hydrogen-bond donors (Lipinski definition) is 0. The van der Waals surface area contributed by atoms with E-state index in [1.165, 1.54) is 16.7 Å². The lowest BCUT2D eigenvalue weighted by Crippen LogP contribution is -2.22. The van der Waals surface area contributed by atoms with E-state index in [-0.39, 0.29) is 0 Å². The molecule has 0 bridgehead atoms. The van der Waals surface area contributed by atoms with Gasteiger partial charge in [0, 0.05) is 34.1 Å². The average molecular weight is 622 g/mol. The molecule has 0 atom stereocenters. The average Bonchev–Trinajstić information content (AvgIpc) is 3.13. The number of nitrogens with zero attached hydrogens (tertiary/aromatic N) is 3. The molecule has 7 aromatic rings. The molecule has 0 saturated carbocycles. The highest BCUT2D eigenvalue weighted by Crippen LogP contribution is 2.53. The van der Waals surface area contributed by atoms with Crippen molar-refractivity contribution >= 4 is 51.2 Å². The molecule has 3 nitrogen and oxygen atoms in total. The number of aryl methyl sites for hydroxylation is 3. The van der Waals surface area contributed by atoms with E-state index < -0.39 is 0 Å². The summed E-state index contributed by atoms with van der Waals surface area (Å²) in [5.41, 5.74) is 13.4. The van der Waals surface area contributed by atoms with Crippen LogP contribution < -0.4 is 14.7 Å². The van der Waals surface area contributed by atoms with Gasteiger partial charge in [-0.2, -0.15) is 0 Å². The Morgan fingerprint density at radius 2 is 0.521 bits per heavy atom. The molecule has 234 valence electrons. The van der Waals surface area contributed by atoms with Gasteiger partial charge in [0.1, 0.15) is 0 Å². The Balaban J connectivity index is 1.64. The maximum absolute atomic E-state index is 2.43. The van der Waals surface area contributed by atoms with Crippen molar-refractivity contribution in [3.05, 3.63) is 199 Å². The van der Waals surface area contributed by atoms with Crippen LogP contribution in [0.2, 0.25) is 0 Å². The zero-order valence-electron chi connectivity index (χ0n) is 27.7. The summed E-state index contributed by atoms with van der Waals surface area (Å²) in [6.45, 7) is 6.57. The van der Waals surface area contributed by atoms with Crippen LogP contribution in [0.25, 0.3) is 0 Å². The minimum atomic E-state index is 1.06. The van der Waals surface area contributed by atoms with E-state index in [0.717, 1.165) is 51.2 Å². The quantitative estimate of drug-likeness (QED) is 0.159. The largest absolute Gasteiger partial charge is 0.308 e. The van der Waals surface area contributed by atoms with E-state index in [2.05, 4.69) is 217 Å². The van der Waals surface area contributed by atoms with E-state index in [1.54, 1.807) is 0 Å². The van der Waals surface area contributed by atoms with E-state index >= 15 is 0 Å². The van der Waals surface area contributed by atoms with Gasteiger partial charge in [-0.15, -0.1) is 0 Å². The zero-order chi connectivity index (χ0) is 32.9. The van der Waals surface area contributed by atoms with Gasteiger partial charge in [-0.3, -0.25) is 0 Å². The van der Waals surface area contributed by atoms with Gasteiger partial charge in [0.25, 0.3) is 0 Å². The summed E-state index contributed by atoms with van der Waals surface area (Å²) >= 11 is 0. The van der Waals surface area contributed by atoms with Crippen LogP contribution in [0.5, 0.6) is 0 Å². The molecule has 0 heterocycles. The Kier molecular flexibility index (Phi) is 8.76. The molecule has 0 fully saturated rings. The maximum Gasteiger partial charge on any atom is 0.0946 e. The third-order valence-corrected chi connectivity index (χ3v) is 8.81. The van der Waals surface area contributed by atoms with Crippen molar-refractivity contribution in [3.63, 3.8) is 0 Å². The molecule has 0 N–H and O–H groups in total. The third-order valence-electron chi connectivity index (χ3n) is 8.81. The predicted molar refractivity (Wildman–Crippen MR) is 205 cm³/mol. The van der Waals surface area contributed by atoms with Crippen molar-refractivity contribution in [2.75, 3.05) is 14.7 Å². The van der Waals surface area contributed by atoms with Gasteiger partial charge in [0.2, 0.25) is 0 Å². The monoisotopic (exact) mass is 621 g/mol. The topological polar surface area (TPSA) is 9.72 Å². The van der Waals surface area contributed by atoms with E-state index in [4.69, 9.17) is 0 Å². The first-order valence-electron chi connectivity index (χ1n) is 16.5. The van der Waals surface area contributed by atoms with E-state index in [1.807, 2.05) is 0 Å². The minimum Gasteiger partial charge on any atom is -0.308 e. The number of hydrogen-bond acceptors (Lipinski definition) is 3. The first kappa shape index (κ1) is 30.6. The van der Waals surface area contributed by atoms with Gasteiger partial charge in [-0.05, 0) is 104 Å². The van der Waals surface area contributed by atoms with Crippen LogP contribution in [-0.4, -0.2) is 0 Å². The summed E-state index contributed by atoms with van der Waals surface area (Å²) in [7, 11) is 0. The second-order valence-corrected chi connectivity index (χ2v) is 12.0. The molecule has 0 unspecified atom stereocenters. The Morgan fingerprint density at radius 1 is 0.250 bits per heavy atom. The number of rotatable bonds is 9. The second kappa shape index (κ2) is 13.7. The van der Waals surface area contributed by atoms with Crippen LogP contribution in [0.15, 0.2) is 182 Å². The summed E-state index contributed by atoms with van der Waals surface area (Å²) in [6, 6.07) is 64.8. The van der Waals surface area contributed by atoms with Crippen molar-refractivity contribution in [1.82, 2.24) is 0 Å². The SMILES string of the molecule is Cc1ccccc1N(c1ccccc1)c1cccc(N(c2ccccc2)c2ccccc2C)c1N(c1ccccc1)c1ccccc1C. The molecule has 0 saturated heterocycles. The van der Waals surface area contributed by atoms with Crippen molar-refractivity contribution in [3.8, 4) is 0 Å². The highest BCUT2D eigenvalue weighted by molar-refractivity contribution is 6.01. The molecule has 0 aliphatic rings. The molecule has 48 heavy (non-hydrogen) atoms. The summed E-state index contributed by atoms with van der Waals surface area (Å²) < 4.78 is 0. The molecule has 0 aliphatic heterocycles. The van der Waals surface area contributed by atoms with Gasteiger partial charge < -0.3 is 14.7 Å². The fourth-order valence-electron chi connectivity index (χ4n) is 6.49. The summed E-state index contributed by atoms with van der Waals surface area (Å²) in [4.78, 5) is 7.25. The summed E-state index contributed by atoms with van der Waals surface area (Å²) in [5, 5.41) is 0. The summed E-state index contributed by atoms with van der Waals surface area (Å²) in [5.74, 6) is 0. The fourth-order valence-corrected chi connectivity index (χ4v) is 6.49. The Bertz CT molecular complexity index is 2020. The van der Waals surface area contributed by atoms with Crippen LogP contribution in [0.4, 0.5) is 51.2 Å². The lowest BCUT2D eigenvalue weighted by atomic mass is 10.0. The summed E-state index contributed by atoms with van der Waals surface area (Å²) in [6.07, 6.45) is 0. The molecule has 0 aliphatic carbocycles. The molecule has 0 aromatic heterocycles. The lowest BCUT2D eigenvalue weighted by molar-refractivity contribution is 1.17.